The normalized spacial score (nSPS) is 17.4. The summed E-state index contributed by atoms with van der Waals surface area (Å²) in [6.45, 7) is 2.13. The summed E-state index contributed by atoms with van der Waals surface area (Å²) in [6.07, 6.45) is 6.08. The summed E-state index contributed by atoms with van der Waals surface area (Å²) in [6, 6.07) is 17.4. The number of fused-ring (bicyclic) bond motifs is 2. The fourth-order valence-corrected chi connectivity index (χ4v) is 3.61. The highest BCUT2D eigenvalue weighted by Gasteiger charge is 2.21. The van der Waals surface area contributed by atoms with Gasteiger partial charge < -0.3 is 0 Å². The summed E-state index contributed by atoms with van der Waals surface area (Å²) >= 11 is 0. The van der Waals surface area contributed by atoms with Crippen LogP contribution in [0.15, 0.2) is 59.1 Å². The Hall–Kier alpha value is -2.15. The first-order valence-corrected chi connectivity index (χ1v) is 8.26. The Morgan fingerprint density at radius 1 is 0.864 bits per heavy atom. The number of aryl methyl sites for hydroxylation is 1. The van der Waals surface area contributed by atoms with Gasteiger partial charge in [-0.2, -0.15) is 0 Å². The molecule has 0 saturated carbocycles. The molecule has 2 aromatic rings. The number of hydrogen-bond donors (Lipinski definition) is 0. The largest absolute Gasteiger partial charge is 0.252 e. The van der Waals surface area contributed by atoms with Crippen molar-refractivity contribution in [1.82, 2.24) is 0 Å². The van der Waals surface area contributed by atoms with Crippen LogP contribution in [0.2, 0.25) is 0 Å². The molecule has 2 aliphatic rings. The first-order valence-electron chi connectivity index (χ1n) is 8.26. The molecular weight excluding hydrogens is 266 g/mol. The highest BCUT2D eigenvalue weighted by Crippen LogP contribution is 2.41. The Labute approximate surface area is 132 Å². The minimum absolute atomic E-state index is 1.01. The van der Waals surface area contributed by atoms with Crippen LogP contribution < -0.4 is 0 Å². The maximum Gasteiger partial charge on any atom is 0.0708 e. The highest BCUT2D eigenvalue weighted by atomic mass is 14.8. The molecule has 22 heavy (non-hydrogen) atoms. The average Bonchev–Trinajstić information content (AvgIpc) is 2.72. The van der Waals surface area contributed by atoms with Crippen LogP contribution in [0, 0.1) is 6.92 Å². The average molecular weight is 287 g/mol. The number of benzene rings is 2. The minimum atomic E-state index is 1.01. The van der Waals surface area contributed by atoms with Gasteiger partial charge in [0.15, 0.2) is 0 Å². The lowest BCUT2D eigenvalue weighted by Gasteiger charge is -2.20. The molecule has 1 heteroatoms. The van der Waals surface area contributed by atoms with Gasteiger partial charge in [0.25, 0.3) is 0 Å². The van der Waals surface area contributed by atoms with Crippen molar-refractivity contribution in [1.29, 1.82) is 0 Å². The molecule has 110 valence electrons. The number of nitrogens with zero attached hydrogens (tertiary/aromatic N) is 1. The number of allylic oxidation sites excluding steroid dienone is 2. The van der Waals surface area contributed by atoms with E-state index in [1.165, 1.54) is 48.1 Å². The lowest BCUT2D eigenvalue weighted by atomic mass is 9.85. The van der Waals surface area contributed by atoms with Crippen molar-refractivity contribution in [2.24, 2.45) is 4.99 Å². The van der Waals surface area contributed by atoms with E-state index in [9.17, 15) is 0 Å². The van der Waals surface area contributed by atoms with Crippen LogP contribution in [0.25, 0.3) is 5.57 Å². The van der Waals surface area contributed by atoms with E-state index in [-0.39, 0.29) is 0 Å². The first kappa shape index (κ1) is 13.5. The summed E-state index contributed by atoms with van der Waals surface area (Å²) in [5, 5.41) is 0. The molecule has 0 N–H and O–H groups in total. The monoisotopic (exact) mass is 287 g/mol. The van der Waals surface area contributed by atoms with Crippen molar-refractivity contribution < 1.29 is 0 Å². The SMILES string of the molecule is Cc1ccc(C2=Nc3ccccc3C3=C(CCCC3)C2)cc1. The van der Waals surface area contributed by atoms with E-state index in [1.807, 2.05) is 0 Å². The molecule has 4 rings (SSSR count). The zero-order valence-electron chi connectivity index (χ0n) is 13.1. The lowest BCUT2D eigenvalue weighted by Crippen LogP contribution is -2.05. The summed E-state index contributed by atoms with van der Waals surface area (Å²) in [4.78, 5) is 5.04. The topological polar surface area (TPSA) is 12.4 Å². The third-order valence-electron chi connectivity index (χ3n) is 4.83. The van der Waals surface area contributed by atoms with Gasteiger partial charge in [-0.1, -0.05) is 53.6 Å². The summed E-state index contributed by atoms with van der Waals surface area (Å²) < 4.78 is 0. The van der Waals surface area contributed by atoms with Crippen molar-refractivity contribution in [3.05, 3.63) is 70.8 Å². The van der Waals surface area contributed by atoms with Crippen LogP contribution in [-0.2, 0) is 0 Å². The Balaban J connectivity index is 1.87. The van der Waals surface area contributed by atoms with Crippen LogP contribution in [-0.4, -0.2) is 5.71 Å². The van der Waals surface area contributed by atoms with Gasteiger partial charge in [0.2, 0.25) is 0 Å². The van der Waals surface area contributed by atoms with Gasteiger partial charge in [-0.05, 0) is 49.8 Å². The molecule has 1 aliphatic carbocycles. The summed E-state index contributed by atoms with van der Waals surface area (Å²) in [7, 11) is 0. The van der Waals surface area contributed by atoms with Crippen molar-refractivity contribution in [2.45, 2.75) is 39.0 Å². The third kappa shape index (κ3) is 2.41. The van der Waals surface area contributed by atoms with Gasteiger partial charge in [0.1, 0.15) is 0 Å². The van der Waals surface area contributed by atoms with Crippen molar-refractivity contribution in [2.75, 3.05) is 0 Å². The zero-order valence-corrected chi connectivity index (χ0v) is 13.1. The van der Waals surface area contributed by atoms with Gasteiger partial charge in [-0.15, -0.1) is 0 Å². The van der Waals surface area contributed by atoms with Gasteiger partial charge in [-0.25, -0.2) is 0 Å². The predicted octanol–water partition coefficient (Wildman–Crippen LogP) is 5.85. The fraction of sp³-hybridized carbons (Fsp3) is 0.286. The van der Waals surface area contributed by atoms with Crippen LogP contribution in [0.3, 0.4) is 0 Å². The molecule has 0 bridgehead atoms. The molecule has 0 atom stereocenters. The zero-order chi connectivity index (χ0) is 14.9. The maximum atomic E-state index is 5.04. The number of hydrogen-bond acceptors (Lipinski definition) is 1. The van der Waals surface area contributed by atoms with Crippen molar-refractivity contribution >= 4 is 17.0 Å². The Morgan fingerprint density at radius 3 is 2.50 bits per heavy atom. The molecule has 0 fully saturated rings. The molecule has 0 spiro atoms. The molecular formula is C21H21N. The van der Waals surface area contributed by atoms with Crippen molar-refractivity contribution in [3.63, 3.8) is 0 Å². The molecule has 0 saturated heterocycles. The van der Waals surface area contributed by atoms with Gasteiger partial charge in [0, 0.05) is 12.0 Å². The van der Waals surface area contributed by atoms with E-state index in [0.29, 0.717) is 0 Å². The van der Waals surface area contributed by atoms with Gasteiger partial charge >= 0.3 is 0 Å². The molecule has 0 aromatic heterocycles. The predicted molar refractivity (Wildman–Crippen MR) is 93.8 cm³/mol. The highest BCUT2D eigenvalue weighted by molar-refractivity contribution is 6.06. The minimum Gasteiger partial charge on any atom is -0.252 e. The number of aliphatic imine (C=N–C) groups is 1. The van der Waals surface area contributed by atoms with E-state index in [1.54, 1.807) is 11.1 Å². The van der Waals surface area contributed by atoms with Gasteiger partial charge in [0.05, 0.1) is 11.4 Å². The van der Waals surface area contributed by atoms with Crippen LogP contribution in [0.4, 0.5) is 5.69 Å². The van der Waals surface area contributed by atoms with E-state index < -0.39 is 0 Å². The molecule has 1 aliphatic heterocycles. The molecule has 1 nitrogen and oxygen atoms in total. The van der Waals surface area contributed by atoms with Crippen LogP contribution in [0.5, 0.6) is 0 Å². The smallest absolute Gasteiger partial charge is 0.0708 e. The van der Waals surface area contributed by atoms with Crippen LogP contribution in [0.1, 0.15) is 48.8 Å². The quantitative estimate of drug-likeness (QED) is 0.624. The van der Waals surface area contributed by atoms with E-state index in [0.717, 1.165) is 12.1 Å². The second kappa shape index (κ2) is 5.57. The molecule has 0 radical (unpaired) electrons. The fourth-order valence-electron chi connectivity index (χ4n) is 3.61. The maximum absolute atomic E-state index is 5.04. The Kier molecular flexibility index (Phi) is 3.42. The molecule has 2 aromatic carbocycles. The van der Waals surface area contributed by atoms with Gasteiger partial charge in [-0.3, -0.25) is 4.99 Å². The first-order chi connectivity index (χ1) is 10.8. The van der Waals surface area contributed by atoms with E-state index >= 15 is 0 Å². The second-order valence-corrected chi connectivity index (χ2v) is 6.41. The number of para-hydroxylation sites is 1. The molecule has 0 unspecified atom stereocenters. The van der Waals surface area contributed by atoms with Crippen LogP contribution >= 0.6 is 0 Å². The molecule has 1 heterocycles. The van der Waals surface area contributed by atoms with E-state index in [4.69, 9.17) is 4.99 Å². The summed E-state index contributed by atoms with van der Waals surface area (Å²) in [5.74, 6) is 0. The van der Waals surface area contributed by atoms with Crippen molar-refractivity contribution in [3.8, 4) is 0 Å². The Bertz CT molecular complexity index is 763. The molecule has 0 amide bonds. The van der Waals surface area contributed by atoms with E-state index in [2.05, 4.69) is 55.5 Å². The number of rotatable bonds is 1. The Morgan fingerprint density at radius 2 is 1.64 bits per heavy atom. The lowest BCUT2D eigenvalue weighted by molar-refractivity contribution is 0.708. The standard InChI is InChI=1S/C21H21N/c1-15-10-12-16(13-11-15)21-14-17-6-2-3-7-18(17)19-8-4-5-9-20(19)22-21/h4-5,8-13H,2-3,6-7,14H2,1H3. The third-order valence-corrected chi connectivity index (χ3v) is 4.83. The summed E-state index contributed by atoms with van der Waals surface area (Å²) in [5.41, 5.74) is 9.46. The second-order valence-electron chi connectivity index (χ2n) is 6.41.